The average Bonchev–Trinajstić information content (AvgIpc) is 3.42. The van der Waals surface area contributed by atoms with E-state index in [-0.39, 0.29) is 17.8 Å². The minimum Gasteiger partial charge on any atom is -0.497 e. The number of benzene rings is 2. The van der Waals surface area contributed by atoms with Crippen molar-refractivity contribution in [3.8, 4) is 28.6 Å². The molecular weight excluding hydrogens is 474 g/mol. The number of Topliss-reactive ketones (excluding diaryl/α,β-unsaturated/α-hetero) is 1. The van der Waals surface area contributed by atoms with Crippen molar-refractivity contribution in [1.29, 1.82) is 0 Å². The van der Waals surface area contributed by atoms with Crippen LogP contribution >= 0.6 is 0 Å². The molecule has 1 unspecified atom stereocenters. The Balaban J connectivity index is 1.64. The number of methoxy groups -OCH3 is 2. The molecule has 0 aliphatic heterocycles. The number of ether oxygens (including phenoxy) is 2. The first-order valence-corrected chi connectivity index (χ1v) is 11.3. The molecule has 0 aliphatic rings. The molecule has 0 saturated carbocycles. The first-order valence-electron chi connectivity index (χ1n) is 11.3. The second kappa shape index (κ2) is 11.2. The lowest BCUT2D eigenvalue weighted by atomic mass is 10.0. The van der Waals surface area contributed by atoms with Crippen LogP contribution in [0.3, 0.4) is 0 Å². The topological polar surface area (TPSA) is 138 Å². The lowest BCUT2D eigenvalue weighted by Crippen LogP contribution is -2.47. The van der Waals surface area contributed by atoms with Gasteiger partial charge in [-0.25, -0.2) is 9.67 Å². The monoisotopic (exact) mass is 499 g/mol. The zero-order chi connectivity index (χ0) is 26.4. The molecule has 3 N–H and O–H groups in total. The van der Waals surface area contributed by atoms with Gasteiger partial charge in [0.2, 0.25) is 5.78 Å². The fraction of sp³-hybridized carbons (Fsp3) is 0.148. The van der Waals surface area contributed by atoms with E-state index >= 15 is 0 Å². The van der Waals surface area contributed by atoms with Crippen LogP contribution in [0.25, 0.3) is 17.1 Å². The highest BCUT2D eigenvalue weighted by Crippen LogP contribution is 2.32. The Bertz CT molecular complexity index is 1430. The van der Waals surface area contributed by atoms with E-state index in [9.17, 15) is 14.4 Å². The first kappa shape index (κ1) is 25.1. The summed E-state index contributed by atoms with van der Waals surface area (Å²) in [6, 6.07) is 18.1. The van der Waals surface area contributed by atoms with Gasteiger partial charge >= 0.3 is 0 Å². The summed E-state index contributed by atoms with van der Waals surface area (Å²) in [4.78, 5) is 41.8. The van der Waals surface area contributed by atoms with Gasteiger partial charge in [0.15, 0.2) is 5.82 Å². The van der Waals surface area contributed by atoms with E-state index < -0.39 is 23.6 Å². The normalized spacial score (nSPS) is 11.4. The van der Waals surface area contributed by atoms with Crippen LogP contribution in [0.1, 0.15) is 15.9 Å². The Hall–Kier alpha value is -4.99. The van der Waals surface area contributed by atoms with Crippen molar-refractivity contribution in [2.75, 3.05) is 14.2 Å². The number of nitrogens with two attached hydrogens (primary N) is 1. The Morgan fingerprint density at radius 1 is 1.00 bits per heavy atom. The van der Waals surface area contributed by atoms with Crippen molar-refractivity contribution >= 4 is 17.6 Å². The highest BCUT2D eigenvalue weighted by molar-refractivity contribution is 6.38. The molecule has 188 valence electrons. The summed E-state index contributed by atoms with van der Waals surface area (Å²) in [5.41, 5.74) is 7.42. The molecule has 0 saturated heterocycles. The van der Waals surface area contributed by atoms with Crippen LogP contribution in [0.5, 0.6) is 11.5 Å². The third-order valence-electron chi connectivity index (χ3n) is 5.67. The van der Waals surface area contributed by atoms with Crippen LogP contribution in [0, 0.1) is 0 Å². The number of amides is 2. The Morgan fingerprint density at radius 3 is 2.49 bits per heavy atom. The number of primary amides is 1. The third-order valence-corrected chi connectivity index (χ3v) is 5.67. The number of hydrogen-bond donors (Lipinski definition) is 2. The predicted molar refractivity (Wildman–Crippen MR) is 136 cm³/mol. The molecule has 0 radical (unpaired) electrons. The number of hydrogen-bond acceptors (Lipinski definition) is 7. The Morgan fingerprint density at radius 2 is 1.78 bits per heavy atom. The van der Waals surface area contributed by atoms with Crippen molar-refractivity contribution in [2.45, 2.75) is 12.5 Å². The first-order chi connectivity index (χ1) is 17.9. The lowest BCUT2D eigenvalue weighted by molar-refractivity contribution is -0.137. The zero-order valence-electron chi connectivity index (χ0n) is 20.3. The van der Waals surface area contributed by atoms with Gasteiger partial charge in [0, 0.05) is 24.4 Å². The smallest absolute Gasteiger partial charge is 0.287 e. The second-order valence-corrected chi connectivity index (χ2v) is 8.03. The molecule has 0 aliphatic carbocycles. The van der Waals surface area contributed by atoms with E-state index in [1.54, 1.807) is 81.1 Å². The number of rotatable bonds is 10. The van der Waals surface area contributed by atoms with Gasteiger partial charge in [-0.2, -0.15) is 5.10 Å². The average molecular weight is 500 g/mol. The van der Waals surface area contributed by atoms with Crippen LogP contribution in [-0.2, 0) is 16.0 Å². The summed E-state index contributed by atoms with van der Waals surface area (Å²) in [5, 5.41) is 7.22. The van der Waals surface area contributed by atoms with E-state index in [2.05, 4.69) is 15.4 Å². The van der Waals surface area contributed by atoms with E-state index in [1.807, 2.05) is 6.07 Å². The fourth-order valence-electron chi connectivity index (χ4n) is 3.82. The minimum absolute atomic E-state index is 0.103. The zero-order valence-corrected chi connectivity index (χ0v) is 20.3. The third kappa shape index (κ3) is 5.64. The summed E-state index contributed by atoms with van der Waals surface area (Å²) < 4.78 is 12.2. The van der Waals surface area contributed by atoms with Crippen molar-refractivity contribution in [1.82, 2.24) is 20.1 Å². The largest absolute Gasteiger partial charge is 0.497 e. The van der Waals surface area contributed by atoms with Crippen LogP contribution in [-0.4, -0.2) is 52.6 Å². The molecule has 4 aromatic rings. The summed E-state index contributed by atoms with van der Waals surface area (Å²) in [6.45, 7) is 0. The van der Waals surface area contributed by atoms with Crippen LogP contribution in [0.4, 0.5) is 0 Å². The van der Waals surface area contributed by atoms with E-state index in [1.165, 1.54) is 10.9 Å². The van der Waals surface area contributed by atoms with Crippen molar-refractivity contribution in [3.63, 3.8) is 0 Å². The summed E-state index contributed by atoms with van der Waals surface area (Å²) >= 11 is 0. The van der Waals surface area contributed by atoms with Gasteiger partial charge in [0.05, 0.1) is 25.5 Å². The molecule has 2 aromatic carbocycles. The molecular formula is C27H25N5O5. The predicted octanol–water partition coefficient (Wildman–Crippen LogP) is 2.35. The van der Waals surface area contributed by atoms with Gasteiger partial charge in [-0.05, 0) is 42.0 Å². The van der Waals surface area contributed by atoms with Gasteiger partial charge in [-0.15, -0.1) is 0 Å². The number of ketones is 1. The molecule has 0 bridgehead atoms. The van der Waals surface area contributed by atoms with E-state index in [4.69, 9.17) is 15.2 Å². The number of nitrogens with zero attached hydrogens (tertiary/aromatic N) is 3. The van der Waals surface area contributed by atoms with Crippen LogP contribution in [0.15, 0.2) is 79.1 Å². The number of nitrogens with one attached hydrogen (secondary N) is 1. The SMILES string of the molecule is COc1ccc(OC)c(-c2ccn(-c3ncccc3C(=O)NC(Cc3ccccc3)C(=O)C(N)=O)n2)c1. The molecule has 10 heteroatoms. The molecule has 37 heavy (non-hydrogen) atoms. The van der Waals surface area contributed by atoms with Gasteiger partial charge < -0.3 is 20.5 Å². The second-order valence-electron chi connectivity index (χ2n) is 8.03. The summed E-state index contributed by atoms with van der Waals surface area (Å²) in [7, 11) is 3.12. The molecule has 1 atom stereocenters. The molecule has 10 nitrogen and oxygen atoms in total. The van der Waals surface area contributed by atoms with Gasteiger partial charge in [-0.1, -0.05) is 30.3 Å². The van der Waals surface area contributed by atoms with Crippen molar-refractivity contribution in [3.05, 3.63) is 90.3 Å². The highest BCUT2D eigenvalue weighted by Gasteiger charge is 2.27. The number of carbonyl (C=O) groups excluding carboxylic acids is 3. The number of carbonyl (C=O) groups is 3. The van der Waals surface area contributed by atoms with Gasteiger partial charge in [0.1, 0.15) is 17.5 Å². The Kier molecular flexibility index (Phi) is 7.58. The fourth-order valence-corrected chi connectivity index (χ4v) is 3.82. The van der Waals surface area contributed by atoms with Crippen molar-refractivity contribution < 1.29 is 23.9 Å². The minimum atomic E-state index is -1.14. The van der Waals surface area contributed by atoms with Crippen LogP contribution in [0.2, 0.25) is 0 Å². The summed E-state index contributed by atoms with van der Waals surface area (Å²) in [6.07, 6.45) is 3.28. The molecule has 2 aromatic heterocycles. The number of pyridine rings is 1. The highest BCUT2D eigenvalue weighted by atomic mass is 16.5. The van der Waals surface area contributed by atoms with Gasteiger partial charge in [-0.3, -0.25) is 14.4 Å². The molecule has 0 fully saturated rings. The van der Waals surface area contributed by atoms with E-state index in [0.29, 0.717) is 22.8 Å². The standard InChI is InChI=1S/C27H25N5O5/c1-36-18-10-11-23(37-2)20(16-18)21-12-14-32(31-21)26-19(9-6-13-29-26)27(35)30-22(24(33)25(28)34)15-17-7-4-3-5-8-17/h3-14,16,22H,15H2,1-2H3,(H2,28,34)(H,30,35). The Labute approximate surface area is 213 Å². The molecule has 2 heterocycles. The van der Waals surface area contributed by atoms with Gasteiger partial charge in [0.25, 0.3) is 11.8 Å². The molecule has 4 rings (SSSR count). The molecule has 0 spiro atoms. The van der Waals surface area contributed by atoms with E-state index in [0.717, 1.165) is 5.56 Å². The van der Waals surface area contributed by atoms with Crippen molar-refractivity contribution in [2.24, 2.45) is 5.73 Å². The molecule has 2 amide bonds. The van der Waals surface area contributed by atoms with Crippen LogP contribution < -0.4 is 20.5 Å². The maximum Gasteiger partial charge on any atom is 0.287 e. The number of aromatic nitrogens is 3. The quantitative estimate of drug-likeness (QED) is 0.319. The maximum absolute atomic E-state index is 13.3. The lowest BCUT2D eigenvalue weighted by Gasteiger charge is -2.17. The maximum atomic E-state index is 13.3. The summed E-state index contributed by atoms with van der Waals surface area (Å²) in [5.74, 6) is -1.16.